The summed E-state index contributed by atoms with van der Waals surface area (Å²) in [5.41, 5.74) is 2.05. The highest BCUT2D eigenvalue weighted by molar-refractivity contribution is 7.03. The average Bonchev–Trinajstić information content (AvgIpc) is 2.84. The molecule has 0 fully saturated rings. The molecule has 0 radical (unpaired) electrons. The summed E-state index contributed by atoms with van der Waals surface area (Å²) in [6.07, 6.45) is 0. The van der Waals surface area contributed by atoms with Crippen LogP contribution in [-0.2, 0) is 0 Å². The van der Waals surface area contributed by atoms with E-state index in [1.807, 2.05) is 36.7 Å². The van der Waals surface area contributed by atoms with E-state index in [1.54, 1.807) is 7.11 Å². The third-order valence-electron chi connectivity index (χ3n) is 2.39. The van der Waals surface area contributed by atoms with Crippen LogP contribution in [0.2, 0.25) is 0 Å². The van der Waals surface area contributed by atoms with Gasteiger partial charge in [-0.3, -0.25) is 0 Å². The Bertz CT molecular complexity index is 444. The molecule has 1 aromatic carbocycles. The molecule has 4 nitrogen and oxygen atoms in total. The Kier molecular flexibility index (Phi) is 3.48. The monoisotopic (exact) mass is 235 g/mol. The Morgan fingerprint density at radius 1 is 1.44 bits per heavy atom. The van der Waals surface area contributed by atoms with Gasteiger partial charge in [0.15, 0.2) is 0 Å². The number of methoxy groups -OCH3 is 1. The van der Waals surface area contributed by atoms with E-state index in [4.69, 9.17) is 4.74 Å². The van der Waals surface area contributed by atoms with Crippen LogP contribution in [-0.4, -0.2) is 23.7 Å². The molecule has 84 valence electrons. The maximum Gasteiger partial charge on any atom is 0.119 e. The highest BCUT2D eigenvalue weighted by Gasteiger charge is 2.14. The Labute approximate surface area is 98.4 Å². The Morgan fingerprint density at radius 2 is 2.31 bits per heavy atom. The highest BCUT2D eigenvalue weighted by Crippen LogP contribution is 2.23. The molecule has 1 N–H and O–H groups in total. The fourth-order valence-electron chi connectivity index (χ4n) is 1.60. The lowest BCUT2D eigenvalue weighted by molar-refractivity contribution is 0.413. The van der Waals surface area contributed by atoms with Crippen molar-refractivity contribution in [3.8, 4) is 5.75 Å². The molecule has 0 bridgehead atoms. The van der Waals surface area contributed by atoms with Gasteiger partial charge in [0.25, 0.3) is 0 Å². The largest absolute Gasteiger partial charge is 0.497 e. The van der Waals surface area contributed by atoms with Crippen molar-refractivity contribution in [3.05, 3.63) is 40.9 Å². The predicted molar refractivity (Wildman–Crippen MR) is 63.8 cm³/mol. The normalized spacial score (nSPS) is 12.4. The van der Waals surface area contributed by atoms with E-state index in [0.717, 1.165) is 17.0 Å². The molecule has 0 spiro atoms. The van der Waals surface area contributed by atoms with Crippen molar-refractivity contribution in [1.82, 2.24) is 14.9 Å². The number of aromatic nitrogens is 2. The highest BCUT2D eigenvalue weighted by atomic mass is 32.1. The lowest BCUT2D eigenvalue weighted by Crippen LogP contribution is -2.18. The van der Waals surface area contributed by atoms with Gasteiger partial charge in [-0.05, 0) is 36.3 Å². The second kappa shape index (κ2) is 5.05. The average molecular weight is 235 g/mol. The summed E-state index contributed by atoms with van der Waals surface area (Å²) in [5.74, 6) is 0.848. The van der Waals surface area contributed by atoms with Crippen molar-refractivity contribution < 1.29 is 4.74 Å². The standard InChI is InChI=1S/C11H13N3OS/c1-12-11(10-7-16-14-13-10)8-4-3-5-9(6-8)15-2/h3-7,11-12H,1-2H3. The van der Waals surface area contributed by atoms with Crippen LogP contribution in [0.3, 0.4) is 0 Å². The number of rotatable bonds is 4. The topological polar surface area (TPSA) is 47.0 Å². The molecule has 2 rings (SSSR count). The van der Waals surface area contributed by atoms with Gasteiger partial charge in [-0.15, -0.1) is 5.10 Å². The third-order valence-corrected chi connectivity index (χ3v) is 2.91. The first-order valence-electron chi connectivity index (χ1n) is 4.93. The van der Waals surface area contributed by atoms with E-state index in [9.17, 15) is 0 Å². The summed E-state index contributed by atoms with van der Waals surface area (Å²) in [7, 11) is 3.57. The van der Waals surface area contributed by atoms with Crippen LogP contribution in [0.1, 0.15) is 17.3 Å². The van der Waals surface area contributed by atoms with Gasteiger partial charge in [0.05, 0.1) is 18.8 Å². The summed E-state index contributed by atoms with van der Waals surface area (Å²) in [6.45, 7) is 0. The first-order chi connectivity index (χ1) is 7.85. The van der Waals surface area contributed by atoms with Crippen molar-refractivity contribution in [1.29, 1.82) is 0 Å². The summed E-state index contributed by atoms with van der Waals surface area (Å²) in [5, 5.41) is 9.25. The molecule has 0 aliphatic rings. The number of hydrogen-bond donors (Lipinski definition) is 1. The van der Waals surface area contributed by atoms with Gasteiger partial charge in [0, 0.05) is 5.38 Å². The van der Waals surface area contributed by atoms with E-state index in [-0.39, 0.29) is 6.04 Å². The maximum atomic E-state index is 5.21. The van der Waals surface area contributed by atoms with Crippen LogP contribution < -0.4 is 10.1 Å². The number of ether oxygens (including phenoxy) is 1. The maximum absolute atomic E-state index is 5.21. The molecule has 0 amide bonds. The molecule has 2 aromatic rings. The molecule has 1 heterocycles. The zero-order valence-corrected chi connectivity index (χ0v) is 9.99. The minimum atomic E-state index is 0.0637. The summed E-state index contributed by atoms with van der Waals surface area (Å²) >= 11 is 1.36. The smallest absolute Gasteiger partial charge is 0.119 e. The lowest BCUT2D eigenvalue weighted by Gasteiger charge is -2.14. The molecule has 0 saturated carbocycles. The van der Waals surface area contributed by atoms with Crippen LogP contribution in [0.15, 0.2) is 29.6 Å². The van der Waals surface area contributed by atoms with Crippen molar-refractivity contribution in [2.75, 3.05) is 14.2 Å². The van der Waals surface area contributed by atoms with Gasteiger partial charge in [0.2, 0.25) is 0 Å². The molecule has 0 saturated heterocycles. The van der Waals surface area contributed by atoms with E-state index in [1.165, 1.54) is 11.5 Å². The van der Waals surface area contributed by atoms with Crippen molar-refractivity contribution in [2.24, 2.45) is 0 Å². The fraction of sp³-hybridized carbons (Fsp3) is 0.273. The summed E-state index contributed by atoms with van der Waals surface area (Å²) in [4.78, 5) is 0. The first kappa shape index (κ1) is 11.0. The molecule has 16 heavy (non-hydrogen) atoms. The van der Waals surface area contributed by atoms with E-state index >= 15 is 0 Å². The third kappa shape index (κ3) is 2.20. The number of benzene rings is 1. The number of hydrogen-bond acceptors (Lipinski definition) is 5. The van der Waals surface area contributed by atoms with Gasteiger partial charge < -0.3 is 10.1 Å². The Morgan fingerprint density at radius 3 is 2.94 bits per heavy atom. The molecule has 0 aliphatic carbocycles. The van der Waals surface area contributed by atoms with Gasteiger partial charge in [0.1, 0.15) is 5.75 Å². The second-order valence-electron chi connectivity index (χ2n) is 3.33. The van der Waals surface area contributed by atoms with Crippen LogP contribution in [0.4, 0.5) is 0 Å². The van der Waals surface area contributed by atoms with Crippen molar-refractivity contribution in [3.63, 3.8) is 0 Å². The van der Waals surface area contributed by atoms with Crippen molar-refractivity contribution >= 4 is 11.5 Å². The quantitative estimate of drug-likeness (QED) is 0.878. The molecule has 0 aliphatic heterocycles. The van der Waals surface area contributed by atoms with Gasteiger partial charge in [-0.2, -0.15) is 0 Å². The fourth-order valence-corrected chi connectivity index (χ4v) is 2.08. The molecular formula is C11H13N3OS. The van der Waals surface area contributed by atoms with E-state index < -0.39 is 0 Å². The van der Waals surface area contributed by atoms with Crippen LogP contribution in [0, 0.1) is 0 Å². The lowest BCUT2D eigenvalue weighted by atomic mass is 10.0. The predicted octanol–water partition coefficient (Wildman–Crippen LogP) is 1.86. The second-order valence-corrected chi connectivity index (χ2v) is 3.94. The molecule has 5 heteroatoms. The van der Waals surface area contributed by atoms with Crippen LogP contribution in [0.5, 0.6) is 5.75 Å². The van der Waals surface area contributed by atoms with Crippen LogP contribution >= 0.6 is 11.5 Å². The Balaban J connectivity index is 2.33. The molecule has 1 aromatic heterocycles. The van der Waals surface area contributed by atoms with Crippen LogP contribution in [0.25, 0.3) is 0 Å². The zero-order valence-electron chi connectivity index (χ0n) is 9.18. The number of nitrogens with one attached hydrogen (secondary N) is 1. The zero-order chi connectivity index (χ0) is 11.4. The molecule has 1 unspecified atom stereocenters. The van der Waals surface area contributed by atoms with Crippen molar-refractivity contribution in [2.45, 2.75) is 6.04 Å². The minimum Gasteiger partial charge on any atom is -0.497 e. The Hall–Kier alpha value is -1.46. The van der Waals surface area contributed by atoms with E-state index in [2.05, 4.69) is 14.9 Å². The van der Waals surface area contributed by atoms with Gasteiger partial charge in [-0.1, -0.05) is 16.6 Å². The van der Waals surface area contributed by atoms with E-state index in [0.29, 0.717) is 0 Å². The summed E-state index contributed by atoms with van der Waals surface area (Å²) < 4.78 is 9.09. The first-order valence-corrected chi connectivity index (χ1v) is 5.77. The van der Waals surface area contributed by atoms with Gasteiger partial charge in [-0.25, -0.2) is 0 Å². The SMILES string of the molecule is CNC(c1cccc(OC)c1)c1csnn1. The number of nitrogens with zero attached hydrogens (tertiary/aromatic N) is 2. The minimum absolute atomic E-state index is 0.0637. The van der Waals surface area contributed by atoms with Gasteiger partial charge >= 0.3 is 0 Å². The summed E-state index contributed by atoms with van der Waals surface area (Å²) in [6, 6.07) is 8.01. The molecule has 1 atom stereocenters. The molecular weight excluding hydrogens is 222 g/mol.